The normalized spacial score (nSPS) is 14.2. The van der Waals surface area contributed by atoms with Crippen molar-refractivity contribution in [1.29, 1.82) is 0 Å². The quantitative estimate of drug-likeness (QED) is 0.498. The molecule has 2 nitrogen and oxygen atoms in total. The molecule has 0 aliphatic carbocycles. The molecular formula is C16H26Cl2N2. The fourth-order valence-corrected chi connectivity index (χ4v) is 3.12. The minimum Gasteiger partial charge on any atom is -0.271 e. The number of halogens is 2. The van der Waals surface area contributed by atoms with Crippen LogP contribution in [0.3, 0.4) is 0 Å². The number of hydrogen-bond acceptors (Lipinski definition) is 2. The first-order chi connectivity index (χ1) is 9.62. The molecule has 1 aromatic carbocycles. The van der Waals surface area contributed by atoms with Gasteiger partial charge in [-0.25, -0.2) is 0 Å². The summed E-state index contributed by atoms with van der Waals surface area (Å²) < 4.78 is 0. The highest BCUT2D eigenvalue weighted by Gasteiger charge is 2.17. The lowest BCUT2D eigenvalue weighted by atomic mass is 9.90. The van der Waals surface area contributed by atoms with E-state index in [0.29, 0.717) is 5.92 Å². The molecule has 1 rings (SSSR count). The third-order valence-corrected chi connectivity index (χ3v) is 4.62. The first kappa shape index (κ1) is 17.8. The lowest BCUT2D eigenvalue weighted by molar-refractivity contribution is 0.350. The predicted octanol–water partition coefficient (Wildman–Crippen LogP) is 4.97. The van der Waals surface area contributed by atoms with E-state index in [9.17, 15) is 0 Å². The van der Waals surface area contributed by atoms with E-state index < -0.39 is 0 Å². The van der Waals surface area contributed by atoms with Crippen molar-refractivity contribution >= 4 is 23.2 Å². The Kier molecular flexibility index (Phi) is 8.55. The summed E-state index contributed by atoms with van der Waals surface area (Å²) in [6, 6.07) is 5.85. The summed E-state index contributed by atoms with van der Waals surface area (Å²) in [4.78, 5) is 0. The van der Waals surface area contributed by atoms with Gasteiger partial charge in [-0.1, -0.05) is 68.8 Å². The molecule has 0 aliphatic heterocycles. The van der Waals surface area contributed by atoms with Crippen LogP contribution in [0.4, 0.5) is 0 Å². The Morgan fingerprint density at radius 2 is 1.85 bits per heavy atom. The van der Waals surface area contributed by atoms with Gasteiger partial charge in [-0.3, -0.25) is 11.3 Å². The van der Waals surface area contributed by atoms with Gasteiger partial charge in [-0.2, -0.15) is 0 Å². The Morgan fingerprint density at radius 1 is 1.20 bits per heavy atom. The van der Waals surface area contributed by atoms with E-state index in [0.717, 1.165) is 28.5 Å². The van der Waals surface area contributed by atoms with Crippen LogP contribution >= 0.6 is 23.2 Å². The summed E-state index contributed by atoms with van der Waals surface area (Å²) in [6.07, 6.45) is 6.82. The highest BCUT2D eigenvalue weighted by Crippen LogP contribution is 2.27. The monoisotopic (exact) mass is 316 g/mol. The lowest BCUT2D eigenvalue weighted by Crippen LogP contribution is -2.38. The molecule has 2 unspecified atom stereocenters. The zero-order valence-corrected chi connectivity index (χ0v) is 14.0. The lowest BCUT2D eigenvalue weighted by Gasteiger charge is -2.23. The number of nitrogens with one attached hydrogen (secondary N) is 1. The fourth-order valence-electron chi connectivity index (χ4n) is 2.57. The van der Waals surface area contributed by atoms with Gasteiger partial charge in [0.2, 0.25) is 0 Å². The summed E-state index contributed by atoms with van der Waals surface area (Å²) in [6.45, 7) is 4.48. The molecule has 0 bridgehead atoms. The smallest absolute Gasteiger partial charge is 0.0453 e. The summed E-state index contributed by atoms with van der Waals surface area (Å²) in [7, 11) is 0. The van der Waals surface area contributed by atoms with E-state index in [4.69, 9.17) is 29.0 Å². The van der Waals surface area contributed by atoms with Gasteiger partial charge in [0.15, 0.2) is 0 Å². The van der Waals surface area contributed by atoms with Crippen LogP contribution in [0.25, 0.3) is 0 Å². The Balaban J connectivity index is 2.66. The molecule has 0 aromatic heterocycles. The van der Waals surface area contributed by atoms with Crippen LogP contribution in [0.5, 0.6) is 0 Å². The maximum atomic E-state index is 6.23. The molecule has 114 valence electrons. The van der Waals surface area contributed by atoms with Crippen LogP contribution in [0, 0.1) is 5.92 Å². The first-order valence-corrected chi connectivity index (χ1v) is 8.26. The molecule has 20 heavy (non-hydrogen) atoms. The average molecular weight is 317 g/mol. The molecule has 0 heterocycles. The Bertz CT molecular complexity index is 376. The third kappa shape index (κ3) is 5.61. The van der Waals surface area contributed by atoms with Crippen molar-refractivity contribution < 1.29 is 0 Å². The van der Waals surface area contributed by atoms with Crippen molar-refractivity contribution in [2.45, 2.75) is 58.4 Å². The predicted molar refractivity (Wildman–Crippen MR) is 89.2 cm³/mol. The largest absolute Gasteiger partial charge is 0.271 e. The minimum atomic E-state index is 0.217. The fraction of sp³-hybridized carbons (Fsp3) is 0.625. The number of unbranched alkanes of at least 4 members (excludes halogenated alkanes) is 1. The van der Waals surface area contributed by atoms with Gasteiger partial charge in [0, 0.05) is 16.1 Å². The second-order valence-electron chi connectivity index (χ2n) is 5.42. The van der Waals surface area contributed by atoms with Crippen molar-refractivity contribution in [2.75, 3.05) is 0 Å². The Labute approximate surface area is 133 Å². The maximum absolute atomic E-state index is 6.23. The van der Waals surface area contributed by atoms with Gasteiger partial charge < -0.3 is 0 Å². The highest BCUT2D eigenvalue weighted by atomic mass is 35.5. The second-order valence-corrected chi connectivity index (χ2v) is 6.23. The molecule has 0 saturated carbocycles. The summed E-state index contributed by atoms with van der Waals surface area (Å²) in [5, 5.41) is 1.44. The molecule has 0 aliphatic rings. The van der Waals surface area contributed by atoms with Crippen molar-refractivity contribution in [3.63, 3.8) is 0 Å². The maximum Gasteiger partial charge on any atom is 0.0453 e. The van der Waals surface area contributed by atoms with Gasteiger partial charge in [-0.05, 0) is 36.5 Å². The van der Waals surface area contributed by atoms with E-state index in [-0.39, 0.29) is 6.04 Å². The molecule has 0 saturated heterocycles. The number of nitrogens with two attached hydrogens (primary N) is 1. The zero-order valence-electron chi connectivity index (χ0n) is 12.5. The topological polar surface area (TPSA) is 38.0 Å². The van der Waals surface area contributed by atoms with Crippen LogP contribution in [-0.2, 0) is 6.42 Å². The minimum absolute atomic E-state index is 0.217. The zero-order chi connectivity index (χ0) is 15.0. The van der Waals surface area contributed by atoms with Crippen LogP contribution in [-0.4, -0.2) is 6.04 Å². The van der Waals surface area contributed by atoms with Crippen molar-refractivity contribution in [2.24, 2.45) is 11.8 Å². The second kappa shape index (κ2) is 9.62. The number of rotatable bonds is 9. The summed E-state index contributed by atoms with van der Waals surface area (Å²) in [5.41, 5.74) is 3.92. The van der Waals surface area contributed by atoms with Crippen LogP contribution in [0.15, 0.2) is 18.2 Å². The molecular weight excluding hydrogens is 291 g/mol. The highest BCUT2D eigenvalue weighted by molar-refractivity contribution is 6.35. The third-order valence-electron chi connectivity index (χ3n) is 3.91. The van der Waals surface area contributed by atoms with Crippen LogP contribution in [0.1, 0.15) is 51.5 Å². The Morgan fingerprint density at radius 3 is 2.35 bits per heavy atom. The molecule has 0 amide bonds. The van der Waals surface area contributed by atoms with Crippen molar-refractivity contribution in [3.8, 4) is 0 Å². The average Bonchev–Trinajstić information content (AvgIpc) is 2.45. The molecule has 3 N–H and O–H groups in total. The van der Waals surface area contributed by atoms with Crippen LogP contribution in [0.2, 0.25) is 10.0 Å². The standard InChI is InChI=1S/C16H26Cl2N2/c1-3-5-7-12(4-2)10-13(20-19)11-14-15(17)8-6-9-16(14)18/h6,8-9,12-13,20H,3-5,7,10-11,19H2,1-2H3. The molecule has 1 aromatic rings. The van der Waals surface area contributed by atoms with E-state index in [1.54, 1.807) is 0 Å². The van der Waals surface area contributed by atoms with Crippen molar-refractivity contribution in [1.82, 2.24) is 5.43 Å². The van der Waals surface area contributed by atoms with Gasteiger partial charge >= 0.3 is 0 Å². The Hall–Kier alpha value is -0.280. The van der Waals surface area contributed by atoms with Gasteiger partial charge in [0.25, 0.3) is 0 Å². The molecule has 0 spiro atoms. The van der Waals surface area contributed by atoms with E-state index >= 15 is 0 Å². The van der Waals surface area contributed by atoms with E-state index in [1.165, 1.54) is 25.7 Å². The van der Waals surface area contributed by atoms with E-state index in [2.05, 4.69) is 19.3 Å². The molecule has 4 heteroatoms. The SMILES string of the molecule is CCCCC(CC)CC(Cc1c(Cl)cccc1Cl)NN. The molecule has 0 radical (unpaired) electrons. The van der Waals surface area contributed by atoms with Gasteiger partial charge in [-0.15, -0.1) is 0 Å². The van der Waals surface area contributed by atoms with Gasteiger partial charge in [0.05, 0.1) is 0 Å². The van der Waals surface area contributed by atoms with Crippen molar-refractivity contribution in [3.05, 3.63) is 33.8 Å². The van der Waals surface area contributed by atoms with E-state index in [1.807, 2.05) is 18.2 Å². The molecule has 0 fully saturated rings. The van der Waals surface area contributed by atoms with Gasteiger partial charge in [0.1, 0.15) is 0 Å². The number of hydrazine groups is 1. The first-order valence-electron chi connectivity index (χ1n) is 7.51. The molecule has 2 atom stereocenters. The number of hydrogen-bond donors (Lipinski definition) is 2. The number of benzene rings is 1. The summed E-state index contributed by atoms with van der Waals surface area (Å²) >= 11 is 12.5. The van der Waals surface area contributed by atoms with Crippen LogP contribution < -0.4 is 11.3 Å². The summed E-state index contributed by atoms with van der Waals surface area (Å²) in [5.74, 6) is 6.42.